The van der Waals surface area contributed by atoms with Crippen LogP contribution in [0.25, 0.3) is 0 Å². The summed E-state index contributed by atoms with van der Waals surface area (Å²) in [4.78, 5) is 22.2. The minimum Gasteiger partial charge on any atom is -0.465 e. The number of benzene rings is 1. The molecule has 1 aliphatic carbocycles. The number of rotatable bonds is 3. The number of hydrogen-bond acceptors (Lipinski definition) is 5. The van der Waals surface area contributed by atoms with E-state index in [0.717, 1.165) is 29.0 Å². The predicted molar refractivity (Wildman–Crippen MR) is 96.7 cm³/mol. The van der Waals surface area contributed by atoms with E-state index >= 15 is 0 Å². The fourth-order valence-corrected chi connectivity index (χ4v) is 3.57. The highest BCUT2D eigenvalue weighted by Crippen LogP contribution is 2.41. The van der Waals surface area contributed by atoms with Crippen molar-refractivity contribution in [2.45, 2.75) is 50.9 Å². The van der Waals surface area contributed by atoms with Gasteiger partial charge >= 0.3 is 6.18 Å². The lowest BCUT2D eigenvalue weighted by molar-refractivity contribution is -0.198. The second kappa shape index (κ2) is 6.96. The van der Waals surface area contributed by atoms with E-state index in [1.54, 1.807) is 0 Å². The molecular weight excluding hydrogens is 373 g/mol. The molecule has 0 radical (unpaired) electrons. The maximum absolute atomic E-state index is 13.3. The van der Waals surface area contributed by atoms with E-state index in [2.05, 4.69) is 15.3 Å². The lowest BCUT2D eigenvalue weighted by Crippen LogP contribution is -2.56. The number of hydrogen-bond donors (Lipinski definition) is 1. The van der Waals surface area contributed by atoms with E-state index in [9.17, 15) is 18.0 Å². The fraction of sp³-hybridized carbons (Fsp3) is 0.421. The molecule has 6 nitrogen and oxygen atoms in total. The number of alkyl halides is 3. The van der Waals surface area contributed by atoms with Crippen molar-refractivity contribution in [1.82, 2.24) is 9.97 Å². The molecule has 2 aromatic rings. The second-order valence-electron chi connectivity index (χ2n) is 7.06. The molecule has 1 aromatic carbocycles. The zero-order chi connectivity index (χ0) is 19.9. The van der Waals surface area contributed by atoms with E-state index in [-0.39, 0.29) is 23.6 Å². The van der Waals surface area contributed by atoms with E-state index in [4.69, 9.17) is 4.74 Å². The molecule has 1 atom stereocenters. The average Bonchev–Trinajstić information content (AvgIpc) is 3.16. The number of ether oxygens (including phenoxy) is 1. The van der Waals surface area contributed by atoms with Gasteiger partial charge in [0.1, 0.15) is 0 Å². The number of carbonyl (C=O) groups is 1. The van der Waals surface area contributed by atoms with Gasteiger partial charge in [-0.25, -0.2) is 4.98 Å². The van der Waals surface area contributed by atoms with Crippen molar-refractivity contribution >= 4 is 23.4 Å². The lowest BCUT2D eigenvalue weighted by Gasteiger charge is -2.37. The van der Waals surface area contributed by atoms with Crippen LogP contribution in [0.5, 0.6) is 5.75 Å². The van der Waals surface area contributed by atoms with Crippen molar-refractivity contribution in [3.05, 3.63) is 36.0 Å². The largest absolute Gasteiger partial charge is 0.465 e. The number of halogens is 3. The van der Waals surface area contributed by atoms with Crippen molar-refractivity contribution in [2.24, 2.45) is 0 Å². The first-order valence-electron chi connectivity index (χ1n) is 9.10. The Kier molecular flexibility index (Phi) is 4.60. The van der Waals surface area contributed by atoms with Gasteiger partial charge in [-0.05, 0) is 31.9 Å². The van der Waals surface area contributed by atoms with Gasteiger partial charge in [-0.1, -0.05) is 30.5 Å². The van der Waals surface area contributed by atoms with Crippen LogP contribution in [0.15, 0.2) is 30.5 Å². The Hall–Kier alpha value is -2.84. The van der Waals surface area contributed by atoms with Crippen molar-refractivity contribution in [3.63, 3.8) is 0 Å². The summed E-state index contributed by atoms with van der Waals surface area (Å²) >= 11 is 0. The zero-order valence-corrected chi connectivity index (χ0v) is 15.2. The Morgan fingerprint density at radius 1 is 1.18 bits per heavy atom. The first-order valence-corrected chi connectivity index (χ1v) is 9.10. The SMILES string of the molecule is Cc1ccc(Nc2ncc3c(n2)N(C2CCCC2)C(=O)C(C(F)(F)F)O3)cc1. The first kappa shape index (κ1) is 18.5. The minimum absolute atomic E-state index is 0.0852. The van der Waals surface area contributed by atoms with Gasteiger partial charge in [0, 0.05) is 11.7 Å². The van der Waals surface area contributed by atoms with Crippen molar-refractivity contribution in [3.8, 4) is 5.75 Å². The summed E-state index contributed by atoms with van der Waals surface area (Å²) in [5, 5.41) is 3.01. The number of anilines is 3. The van der Waals surface area contributed by atoms with Crippen LogP contribution in [0, 0.1) is 6.92 Å². The third-order valence-electron chi connectivity index (χ3n) is 4.97. The van der Waals surface area contributed by atoms with Gasteiger partial charge in [-0.3, -0.25) is 9.69 Å². The van der Waals surface area contributed by atoms with Crippen LogP contribution >= 0.6 is 0 Å². The molecule has 28 heavy (non-hydrogen) atoms. The van der Waals surface area contributed by atoms with E-state index < -0.39 is 18.2 Å². The molecule has 148 valence electrons. The first-order chi connectivity index (χ1) is 13.3. The van der Waals surface area contributed by atoms with Gasteiger partial charge in [0.05, 0.1) is 6.20 Å². The molecule has 1 amide bonds. The summed E-state index contributed by atoms with van der Waals surface area (Å²) in [7, 11) is 0. The number of fused-ring (bicyclic) bond motifs is 1. The summed E-state index contributed by atoms with van der Waals surface area (Å²) in [6.07, 6.45) is -3.14. The van der Waals surface area contributed by atoms with Gasteiger partial charge < -0.3 is 10.1 Å². The molecule has 0 saturated heterocycles. The van der Waals surface area contributed by atoms with Crippen LogP contribution in [0.1, 0.15) is 31.2 Å². The van der Waals surface area contributed by atoms with Crippen molar-refractivity contribution < 1.29 is 22.7 Å². The van der Waals surface area contributed by atoms with E-state index in [0.29, 0.717) is 12.8 Å². The topological polar surface area (TPSA) is 67.4 Å². The highest BCUT2D eigenvalue weighted by molar-refractivity contribution is 6.00. The smallest absolute Gasteiger partial charge is 0.434 e. The number of carbonyl (C=O) groups excluding carboxylic acids is 1. The molecule has 4 rings (SSSR count). The maximum atomic E-state index is 13.3. The fourth-order valence-electron chi connectivity index (χ4n) is 3.57. The Balaban J connectivity index is 1.70. The molecule has 1 fully saturated rings. The number of aryl methyl sites for hydroxylation is 1. The summed E-state index contributed by atoms with van der Waals surface area (Å²) < 4.78 is 44.9. The Labute approximate surface area is 159 Å². The number of amides is 1. The molecular formula is C19H19F3N4O2. The van der Waals surface area contributed by atoms with Gasteiger partial charge in [-0.2, -0.15) is 18.2 Å². The van der Waals surface area contributed by atoms with Gasteiger partial charge in [0.2, 0.25) is 5.95 Å². The van der Waals surface area contributed by atoms with Crippen LogP contribution in [-0.4, -0.2) is 34.2 Å². The Bertz CT molecular complexity index is 880. The average molecular weight is 392 g/mol. The number of nitrogens with zero attached hydrogens (tertiary/aromatic N) is 3. The lowest BCUT2D eigenvalue weighted by atomic mass is 10.1. The summed E-state index contributed by atoms with van der Waals surface area (Å²) in [5.74, 6) is -0.982. The second-order valence-corrected chi connectivity index (χ2v) is 7.06. The highest BCUT2D eigenvalue weighted by atomic mass is 19.4. The number of aromatic nitrogens is 2. The predicted octanol–water partition coefficient (Wildman–Crippen LogP) is 4.13. The van der Waals surface area contributed by atoms with Gasteiger partial charge in [0.15, 0.2) is 11.6 Å². The van der Waals surface area contributed by atoms with E-state index in [1.807, 2.05) is 31.2 Å². The van der Waals surface area contributed by atoms with Crippen molar-refractivity contribution in [2.75, 3.05) is 10.2 Å². The summed E-state index contributed by atoms with van der Waals surface area (Å²) in [6, 6.07) is 7.18. The molecule has 1 N–H and O–H groups in total. The van der Waals surface area contributed by atoms with Crippen LogP contribution in [0.3, 0.4) is 0 Å². The molecule has 1 unspecified atom stereocenters. The third-order valence-corrected chi connectivity index (χ3v) is 4.97. The van der Waals surface area contributed by atoms with Gasteiger partial charge in [0.25, 0.3) is 12.0 Å². The zero-order valence-electron chi connectivity index (χ0n) is 15.2. The van der Waals surface area contributed by atoms with Crippen LogP contribution in [-0.2, 0) is 4.79 Å². The molecule has 0 bridgehead atoms. The van der Waals surface area contributed by atoms with Crippen LogP contribution in [0.2, 0.25) is 0 Å². The monoisotopic (exact) mass is 392 g/mol. The molecule has 1 saturated carbocycles. The van der Waals surface area contributed by atoms with Crippen LogP contribution in [0.4, 0.5) is 30.6 Å². The standard InChI is InChI=1S/C19H19F3N4O2/c1-11-6-8-12(9-7-11)24-18-23-10-14-16(25-18)26(13-4-2-3-5-13)17(27)15(28-14)19(20,21)22/h6-10,13,15H,2-5H2,1H3,(H,23,24,25). The van der Waals surface area contributed by atoms with Crippen molar-refractivity contribution in [1.29, 1.82) is 0 Å². The molecule has 2 aliphatic rings. The molecule has 1 aromatic heterocycles. The van der Waals surface area contributed by atoms with E-state index in [1.165, 1.54) is 6.20 Å². The van der Waals surface area contributed by atoms with Crippen LogP contribution < -0.4 is 15.0 Å². The molecule has 9 heteroatoms. The Morgan fingerprint density at radius 2 is 1.86 bits per heavy atom. The molecule has 1 aliphatic heterocycles. The quantitative estimate of drug-likeness (QED) is 0.851. The Morgan fingerprint density at radius 3 is 2.50 bits per heavy atom. The third kappa shape index (κ3) is 3.48. The number of nitrogens with one attached hydrogen (secondary N) is 1. The summed E-state index contributed by atoms with van der Waals surface area (Å²) in [6.45, 7) is 1.96. The minimum atomic E-state index is -4.80. The molecule has 2 heterocycles. The molecule has 0 spiro atoms. The summed E-state index contributed by atoms with van der Waals surface area (Å²) in [5.41, 5.74) is 1.82. The normalized spacial score (nSPS) is 20.1. The highest BCUT2D eigenvalue weighted by Gasteiger charge is 2.54. The van der Waals surface area contributed by atoms with Gasteiger partial charge in [-0.15, -0.1) is 0 Å². The maximum Gasteiger partial charge on any atom is 0.434 e.